The first kappa shape index (κ1) is 20.8. The molecule has 154 valence electrons. The van der Waals surface area contributed by atoms with E-state index < -0.39 is 11.8 Å². The minimum atomic E-state index is -0.679. The Labute approximate surface area is 171 Å². The van der Waals surface area contributed by atoms with Gasteiger partial charge in [-0.2, -0.15) is 0 Å². The van der Waals surface area contributed by atoms with Crippen LogP contribution in [0.1, 0.15) is 17.2 Å². The molecule has 0 aromatic heterocycles. The summed E-state index contributed by atoms with van der Waals surface area (Å²) in [6, 6.07) is 15.0. The molecule has 3 rings (SSSR count). The van der Waals surface area contributed by atoms with E-state index in [0.717, 1.165) is 30.0 Å². The summed E-state index contributed by atoms with van der Waals surface area (Å²) >= 11 is 0. The molecular weight excluding hydrogens is 370 g/mol. The normalized spacial score (nSPS) is 15.4. The smallest absolute Gasteiger partial charge is 0.313 e. The summed E-state index contributed by atoms with van der Waals surface area (Å²) in [6.45, 7) is 5.04. The second-order valence-electron chi connectivity index (χ2n) is 6.97. The highest BCUT2D eigenvalue weighted by molar-refractivity contribution is 6.39. The molecule has 29 heavy (non-hydrogen) atoms. The highest BCUT2D eigenvalue weighted by Crippen LogP contribution is 2.24. The maximum atomic E-state index is 12.4. The third-order valence-electron chi connectivity index (χ3n) is 4.90. The zero-order valence-corrected chi connectivity index (χ0v) is 16.8. The first-order chi connectivity index (χ1) is 14.1. The lowest BCUT2D eigenvalue weighted by atomic mass is 10.0. The molecule has 0 aliphatic carbocycles. The molecule has 0 saturated carbocycles. The number of aryl methyl sites for hydroxylation is 1. The van der Waals surface area contributed by atoms with Gasteiger partial charge in [0.05, 0.1) is 26.4 Å². The summed E-state index contributed by atoms with van der Waals surface area (Å²) in [6.07, 6.45) is 0. The summed E-state index contributed by atoms with van der Waals surface area (Å²) < 4.78 is 10.8. The Hall–Kier alpha value is -2.90. The Morgan fingerprint density at radius 1 is 1.10 bits per heavy atom. The number of morpholine rings is 1. The Bertz CT molecular complexity index is 849. The topological polar surface area (TPSA) is 79.9 Å². The summed E-state index contributed by atoms with van der Waals surface area (Å²) in [4.78, 5) is 26.9. The van der Waals surface area contributed by atoms with Crippen molar-refractivity contribution in [3.8, 4) is 5.75 Å². The molecule has 0 bridgehead atoms. The number of hydrogen-bond donors (Lipinski definition) is 2. The predicted molar refractivity (Wildman–Crippen MR) is 111 cm³/mol. The van der Waals surface area contributed by atoms with Gasteiger partial charge in [-0.3, -0.25) is 14.5 Å². The molecule has 1 aliphatic heterocycles. The SMILES string of the molecule is COc1cccc([C@@H](CNC(=O)C(=O)Nc2cccc(C)c2)N2CCOCC2)c1. The molecule has 2 aromatic rings. The first-order valence-electron chi connectivity index (χ1n) is 9.68. The maximum Gasteiger partial charge on any atom is 0.313 e. The van der Waals surface area contributed by atoms with Gasteiger partial charge >= 0.3 is 11.8 Å². The van der Waals surface area contributed by atoms with E-state index in [4.69, 9.17) is 9.47 Å². The largest absolute Gasteiger partial charge is 0.497 e. The number of ether oxygens (including phenoxy) is 2. The first-order valence-corrected chi connectivity index (χ1v) is 9.68. The van der Waals surface area contributed by atoms with E-state index in [1.807, 2.05) is 49.4 Å². The number of hydrogen-bond acceptors (Lipinski definition) is 5. The Kier molecular flexibility index (Phi) is 7.21. The Morgan fingerprint density at radius 2 is 1.86 bits per heavy atom. The quantitative estimate of drug-likeness (QED) is 0.730. The molecule has 1 atom stereocenters. The second kappa shape index (κ2) is 10.0. The highest BCUT2D eigenvalue weighted by Gasteiger charge is 2.25. The monoisotopic (exact) mass is 397 g/mol. The molecule has 1 heterocycles. The average molecular weight is 397 g/mol. The van der Waals surface area contributed by atoms with Gasteiger partial charge in [-0.1, -0.05) is 24.3 Å². The number of carbonyl (C=O) groups excluding carboxylic acids is 2. The number of rotatable bonds is 6. The van der Waals surface area contributed by atoms with Crippen molar-refractivity contribution in [2.45, 2.75) is 13.0 Å². The van der Waals surface area contributed by atoms with Gasteiger partial charge in [-0.15, -0.1) is 0 Å². The number of benzene rings is 2. The van der Waals surface area contributed by atoms with E-state index in [-0.39, 0.29) is 6.04 Å². The van der Waals surface area contributed by atoms with Crippen molar-refractivity contribution in [2.24, 2.45) is 0 Å². The summed E-state index contributed by atoms with van der Waals surface area (Å²) in [5.41, 5.74) is 2.63. The van der Waals surface area contributed by atoms with E-state index in [2.05, 4.69) is 15.5 Å². The lowest BCUT2D eigenvalue weighted by molar-refractivity contribution is -0.136. The van der Waals surface area contributed by atoms with Crippen LogP contribution in [0.15, 0.2) is 48.5 Å². The summed E-state index contributed by atoms with van der Waals surface area (Å²) in [5.74, 6) is -0.584. The van der Waals surface area contributed by atoms with E-state index in [0.29, 0.717) is 25.4 Å². The maximum absolute atomic E-state index is 12.4. The fraction of sp³-hybridized carbons (Fsp3) is 0.364. The number of nitrogens with one attached hydrogen (secondary N) is 2. The van der Waals surface area contributed by atoms with Gasteiger partial charge in [0.25, 0.3) is 0 Å². The van der Waals surface area contributed by atoms with E-state index >= 15 is 0 Å². The zero-order chi connectivity index (χ0) is 20.6. The third-order valence-corrected chi connectivity index (χ3v) is 4.90. The average Bonchev–Trinajstić information content (AvgIpc) is 2.74. The van der Waals surface area contributed by atoms with E-state index in [1.54, 1.807) is 13.2 Å². The molecule has 1 saturated heterocycles. The van der Waals surface area contributed by atoms with Crippen LogP contribution in [0.25, 0.3) is 0 Å². The standard InChI is InChI=1S/C22H27N3O4/c1-16-5-3-7-18(13-16)24-22(27)21(26)23-15-20(25-9-11-29-12-10-25)17-6-4-8-19(14-17)28-2/h3-8,13-14,20H,9-12,15H2,1-2H3,(H,23,26)(H,24,27)/t20-/m1/s1. The molecule has 1 aliphatic rings. The van der Waals surface area contributed by atoms with Crippen LogP contribution in [0, 0.1) is 6.92 Å². The molecule has 0 spiro atoms. The molecule has 2 N–H and O–H groups in total. The van der Waals surface area contributed by atoms with Crippen LogP contribution in [0.5, 0.6) is 5.75 Å². The van der Waals surface area contributed by atoms with Gasteiger partial charge in [0.15, 0.2) is 0 Å². The molecule has 7 heteroatoms. The number of amides is 2. The summed E-state index contributed by atoms with van der Waals surface area (Å²) in [5, 5.41) is 5.42. The van der Waals surface area contributed by atoms with E-state index in [1.165, 1.54) is 0 Å². The van der Waals surface area contributed by atoms with Crippen molar-refractivity contribution < 1.29 is 19.1 Å². The fourth-order valence-corrected chi connectivity index (χ4v) is 3.38. The zero-order valence-electron chi connectivity index (χ0n) is 16.8. The van der Waals surface area contributed by atoms with Gasteiger partial charge < -0.3 is 20.1 Å². The van der Waals surface area contributed by atoms with Gasteiger partial charge in [0.2, 0.25) is 0 Å². The van der Waals surface area contributed by atoms with Crippen LogP contribution >= 0.6 is 0 Å². The minimum Gasteiger partial charge on any atom is -0.497 e. The van der Waals surface area contributed by atoms with Crippen molar-refractivity contribution in [3.63, 3.8) is 0 Å². The molecule has 0 radical (unpaired) electrons. The minimum absolute atomic E-state index is 0.0790. The molecule has 1 fully saturated rings. The molecule has 0 unspecified atom stereocenters. The van der Waals surface area contributed by atoms with Crippen molar-refractivity contribution >= 4 is 17.5 Å². The van der Waals surface area contributed by atoms with Crippen molar-refractivity contribution in [2.75, 3.05) is 45.3 Å². The summed E-state index contributed by atoms with van der Waals surface area (Å²) in [7, 11) is 1.63. The van der Waals surface area contributed by atoms with Crippen LogP contribution in [0.2, 0.25) is 0 Å². The van der Waals surface area contributed by atoms with Crippen molar-refractivity contribution in [1.82, 2.24) is 10.2 Å². The number of nitrogens with zero attached hydrogens (tertiary/aromatic N) is 1. The fourth-order valence-electron chi connectivity index (χ4n) is 3.38. The van der Waals surface area contributed by atoms with Crippen molar-refractivity contribution in [1.29, 1.82) is 0 Å². The number of methoxy groups -OCH3 is 1. The second-order valence-corrected chi connectivity index (χ2v) is 6.97. The van der Waals surface area contributed by atoms with Crippen LogP contribution in [-0.4, -0.2) is 56.7 Å². The number of carbonyl (C=O) groups is 2. The van der Waals surface area contributed by atoms with Gasteiger partial charge in [0.1, 0.15) is 5.75 Å². The molecule has 7 nitrogen and oxygen atoms in total. The van der Waals surface area contributed by atoms with Gasteiger partial charge in [0, 0.05) is 25.3 Å². The molecule has 2 aromatic carbocycles. The van der Waals surface area contributed by atoms with Crippen molar-refractivity contribution in [3.05, 3.63) is 59.7 Å². The lowest BCUT2D eigenvalue weighted by Gasteiger charge is -2.35. The predicted octanol–water partition coefficient (Wildman–Crippen LogP) is 2.13. The van der Waals surface area contributed by atoms with Crippen LogP contribution in [0.3, 0.4) is 0 Å². The molecule has 2 amide bonds. The van der Waals surface area contributed by atoms with E-state index in [9.17, 15) is 9.59 Å². The Balaban J connectivity index is 1.67. The van der Waals surface area contributed by atoms with Gasteiger partial charge in [-0.25, -0.2) is 0 Å². The van der Waals surface area contributed by atoms with Crippen LogP contribution < -0.4 is 15.4 Å². The van der Waals surface area contributed by atoms with Crippen LogP contribution in [-0.2, 0) is 14.3 Å². The molecular formula is C22H27N3O4. The van der Waals surface area contributed by atoms with Gasteiger partial charge in [-0.05, 0) is 42.3 Å². The third kappa shape index (κ3) is 5.79. The van der Waals surface area contributed by atoms with Crippen LogP contribution in [0.4, 0.5) is 5.69 Å². The Morgan fingerprint density at radius 3 is 2.59 bits per heavy atom. The lowest BCUT2D eigenvalue weighted by Crippen LogP contribution is -2.45. The highest BCUT2D eigenvalue weighted by atomic mass is 16.5. The number of anilines is 1.